The van der Waals surface area contributed by atoms with E-state index in [1.54, 1.807) is 0 Å². The average molecular weight is 379 g/mol. The van der Waals surface area contributed by atoms with E-state index in [9.17, 15) is 0 Å². The second-order valence-corrected chi connectivity index (χ2v) is 6.11. The predicted molar refractivity (Wildman–Crippen MR) is 107 cm³/mol. The second-order valence-electron chi connectivity index (χ2n) is 6.11. The van der Waals surface area contributed by atoms with Gasteiger partial charge in [-0.3, -0.25) is 0 Å². The van der Waals surface area contributed by atoms with Crippen LogP contribution < -0.4 is 30.6 Å². The summed E-state index contributed by atoms with van der Waals surface area (Å²) >= 11 is 0. The number of hydrogen-bond acceptors (Lipinski definition) is 8. The number of hydrogen-bond donors (Lipinski definition) is 3. The van der Waals surface area contributed by atoms with Gasteiger partial charge in [0.2, 0.25) is 6.79 Å². The van der Waals surface area contributed by atoms with Crippen LogP contribution in [0.15, 0.2) is 48.8 Å². The van der Waals surface area contributed by atoms with Crippen molar-refractivity contribution in [2.24, 2.45) is 0 Å². The van der Waals surface area contributed by atoms with Gasteiger partial charge < -0.3 is 30.6 Å². The predicted octanol–water partition coefficient (Wildman–Crippen LogP) is 3.54. The molecule has 0 saturated carbocycles. The minimum absolute atomic E-state index is 0.256. The third-order valence-corrected chi connectivity index (χ3v) is 4.21. The summed E-state index contributed by atoms with van der Waals surface area (Å²) in [5.74, 6) is 3.41. The van der Waals surface area contributed by atoms with Gasteiger partial charge in [0.25, 0.3) is 0 Å². The summed E-state index contributed by atoms with van der Waals surface area (Å²) in [6.45, 7) is 3.38. The van der Waals surface area contributed by atoms with Gasteiger partial charge in [-0.2, -0.15) is 0 Å². The minimum Gasteiger partial charge on any atom is -0.494 e. The van der Waals surface area contributed by atoms with Crippen molar-refractivity contribution in [1.29, 1.82) is 0 Å². The summed E-state index contributed by atoms with van der Waals surface area (Å²) in [4.78, 5) is 8.48. The zero-order valence-electron chi connectivity index (χ0n) is 15.4. The second kappa shape index (κ2) is 7.91. The molecule has 0 amide bonds. The summed E-state index contributed by atoms with van der Waals surface area (Å²) in [7, 11) is 0. The van der Waals surface area contributed by atoms with Gasteiger partial charge in [0.1, 0.15) is 17.8 Å². The third-order valence-electron chi connectivity index (χ3n) is 4.21. The van der Waals surface area contributed by atoms with Gasteiger partial charge >= 0.3 is 0 Å². The molecule has 0 fully saturated rings. The number of rotatable bonds is 7. The molecule has 0 unspecified atom stereocenters. The van der Waals surface area contributed by atoms with Gasteiger partial charge in [-0.25, -0.2) is 9.97 Å². The van der Waals surface area contributed by atoms with Crippen molar-refractivity contribution in [2.75, 3.05) is 29.8 Å². The summed E-state index contributed by atoms with van der Waals surface area (Å²) in [5, 5.41) is 6.45. The summed E-state index contributed by atoms with van der Waals surface area (Å²) < 4.78 is 16.2. The lowest BCUT2D eigenvalue weighted by Gasteiger charge is -2.13. The molecule has 1 aromatic heterocycles. The number of aromatic nitrogens is 2. The van der Waals surface area contributed by atoms with Crippen LogP contribution in [0.5, 0.6) is 17.2 Å². The van der Waals surface area contributed by atoms with Crippen molar-refractivity contribution in [3.63, 3.8) is 0 Å². The molecular weight excluding hydrogens is 358 g/mol. The Bertz CT molecular complexity index is 963. The maximum absolute atomic E-state index is 6.24. The maximum atomic E-state index is 6.24. The Morgan fingerprint density at radius 2 is 1.82 bits per heavy atom. The van der Waals surface area contributed by atoms with Crippen molar-refractivity contribution < 1.29 is 14.2 Å². The Hall–Kier alpha value is -3.68. The summed E-state index contributed by atoms with van der Waals surface area (Å²) in [6, 6.07) is 13.4. The van der Waals surface area contributed by atoms with E-state index < -0.39 is 0 Å². The summed E-state index contributed by atoms with van der Waals surface area (Å²) in [5.41, 5.74) is 8.57. The molecular formula is C20H21N5O3. The standard InChI is InChI=1S/C20H21N5O3/c1-2-26-15-6-4-14(5-7-15)25-20-18(21)19(23-11-24-20)22-10-13-3-8-16-17(9-13)28-12-27-16/h3-9,11H,2,10,12,21H2,1H3,(H2,22,23,24,25). The number of fused-ring (bicyclic) bond motifs is 1. The highest BCUT2D eigenvalue weighted by Crippen LogP contribution is 2.33. The zero-order chi connectivity index (χ0) is 19.3. The van der Waals surface area contributed by atoms with E-state index in [1.807, 2.05) is 49.4 Å². The topological polar surface area (TPSA) is 104 Å². The molecule has 0 spiro atoms. The Morgan fingerprint density at radius 1 is 1.04 bits per heavy atom. The Labute approximate surface area is 162 Å². The lowest BCUT2D eigenvalue weighted by molar-refractivity contribution is 0.174. The van der Waals surface area contributed by atoms with Crippen LogP contribution in [-0.4, -0.2) is 23.4 Å². The smallest absolute Gasteiger partial charge is 0.231 e. The van der Waals surface area contributed by atoms with E-state index in [4.69, 9.17) is 19.9 Å². The molecule has 4 N–H and O–H groups in total. The fourth-order valence-corrected chi connectivity index (χ4v) is 2.81. The molecule has 0 atom stereocenters. The molecule has 2 heterocycles. The van der Waals surface area contributed by atoms with E-state index in [1.165, 1.54) is 6.33 Å². The normalized spacial score (nSPS) is 11.9. The SMILES string of the molecule is CCOc1ccc(Nc2ncnc(NCc3ccc4c(c3)OCO4)c2N)cc1. The van der Waals surface area contributed by atoms with Crippen molar-refractivity contribution in [3.8, 4) is 17.2 Å². The number of nitrogens with zero attached hydrogens (tertiary/aromatic N) is 2. The zero-order valence-corrected chi connectivity index (χ0v) is 15.4. The van der Waals surface area contributed by atoms with E-state index in [0.717, 1.165) is 28.5 Å². The van der Waals surface area contributed by atoms with Gasteiger partial charge in [-0.1, -0.05) is 6.07 Å². The quantitative estimate of drug-likeness (QED) is 0.573. The van der Waals surface area contributed by atoms with Crippen LogP contribution in [0.25, 0.3) is 0 Å². The fraction of sp³-hybridized carbons (Fsp3) is 0.200. The first-order chi connectivity index (χ1) is 13.7. The number of nitrogens with one attached hydrogen (secondary N) is 2. The highest BCUT2D eigenvalue weighted by Gasteiger charge is 2.14. The highest BCUT2D eigenvalue weighted by atomic mass is 16.7. The monoisotopic (exact) mass is 379 g/mol. The number of ether oxygens (including phenoxy) is 3. The largest absolute Gasteiger partial charge is 0.494 e. The lowest BCUT2D eigenvalue weighted by atomic mass is 10.2. The number of anilines is 4. The van der Waals surface area contributed by atoms with Gasteiger partial charge in [0.05, 0.1) is 6.61 Å². The van der Waals surface area contributed by atoms with Crippen LogP contribution in [-0.2, 0) is 6.54 Å². The number of benzene rings is 2. The minimum atomic E-state index is 0.256. The third kappa shape index (κ3) is 3.85. The van der Waals surface area contributed by atoms with Gasteiger partial charge in [0.15, 0.2) is 23.1 Å². The molecule has 1 aliphatic heterocycles. The van der Waals surface area contributed by atoms with Gasteiger partial charge in [0, 0.05) is 12.2 Å². The molecule has 1 aliphatic rings. The van der Waals surface area contributed by atoms with E-state index in [0.29, 0.717) is 30.5 Å². The van der Waals surface area contributed by atoms with Gasteiger partial charge in [-0.15, -0.1) is 0 Å². The van der Waals surface area contributed by atoms with E-state index in [-0.39, 0.29) is 6.79 Å². The molecule has 144 valence electrons. The first kappa shape index (κ1) is 17.7. The number of nitrogens with two attached hydrogens (primary N) is 1. The Morgan fingerprint density at radius 3 is 2.64 bits per heavy atom. The first-order valence-electron chi connectivity index (χ1n) is 8.95. The van der Waals surface area contributed by atoms with E-state index in [2.05, 4.69) is 20.6 Å². The molecule has 0 saturated heterocycles. The molecule has 0 bridgehead atoms. The molecule has 8 nitrogen and oxygen atoms in total. The first-order valence-corrected chi connectivity index (χ1v) is 8.95. The van der Waals surface area contributed by atoms with Crippen LogP contribution in [0.2, 0.25) is 0 Å². The van der Waals surface area contributed by atoms with Crippen molar-refractivity contribution in [3.05, 3.63) is 54.4 Å². The molecule has 0 aliphatic carbocycles. The van der Waals surface area contributed by atoms with Crippen LogP contribution in [0.3, 0.4) is 0 Å². The number of nitrogen functional groups attached to an aromatic ring is 1. The van der Waals surface area contributed by atoms with Crippen LogP contribution in [0.1, 0.15) is 12.5 Å². The Balaban J connectivity index is 1.44. The van der Waals surface area contributed by atoms with Crippen LogP contribution in [0.4, 0.5) is 23.0 Å². The molecule has 28 heavy (non-hydrogen) atoms. The molecule has 8 heteroatoms. The summed E-state index contributed by atoms with van der Waals surface area (Å²) in [6.07, 6.45) is 1.47. The fourth-order valence-electron chi connectivity index (χ4n) is 2.81. The molecule has 4 rings (SSSR count). The lowest BCUT2D eigenvalue weighted by Crippen LogP contribution is -2.08. The highest BCUT2D eigenvalue weighted by molar-refractivity contribution is 5.77. The van der Waals surface area contributed by atoms with Gasteiger partial charge in [-0.05, 0) is 48.9 Å². The van der Waals surface area contributed by atoms with Crippen LogP contribution >= 0.6 is 0 Å². The van der Waals surface area contributed by atoms with Crippen LogP contribution in [0, 0.1) is 0 Å². The van der Waals surface area contributed by atoms with Crippen molar-refractivity contribution in [1.82, 2.24) is 9.97 Å². The van der Waals surface area contributed by atoms with Crippen molar-refractivity contribution >= 4 is 23.0 Å². The maximum Gasteiger partial charge on any atom is 0.231 e. The molecule has 3 aromatic rings. The van der Waals surface area contributed by atoms with E-state index >= 15 is 0 Å². The Kier molecular flexibility index (Phi) is 5.01. The van der Waals surface area contributed by atoms with Crippen molar-refractivity contribution in [2.45, 2.75) is 13.5 Å². The average Bonchev–Trinajstić information content (AvgIpc) is 3.18. The molecule has 0 radical (unpaired) electrons. The molecule has 2 aromatic carbocycles.